The molecule has 0 bridgehead atoms. The molecule has 0 spiro atoms. The van der Waals surface area contributed by atoms with Crippen LogP contribution in [0.5, 0.6) is 0 Å². The van der Waals surface area contributed by atoms with Gasteiger partial charge in [0, 0.05) is 13.1 Å². The summed E-state index contributed by atoms with van der Waals surface area (Å²) in [6.07, 6.45) is 6.42. The average molecular weight is 286 g/mol. The molecule has 2 fully saturated rings. The van der Waals surface area contributed by atoms with Crippen LogP contribution in [-0.2, 0) is 10.3 Å². The minimum atomic E-state index is -0.152. The van der Waals surface area contributed by atoms with E-state index >= 15 is 0 Å². The van der Waals surface area contributed by atoms with E-state index in [-0.39, 0.29) is 11.4 Å². The molecule has 1 aromatic rings. The van der Waals surface area contributed by atoms with Crippen molar-refractivity contribution in [3.8, 4) is 0 Å². The van der Waals surface area contributed by atoms with Gasteiger partial charge >= 0.3 is 0 Å². The van der Waals surface area contributed by atoms with Crippen molar-refractivity contribution in [2.75, 3.05) is 19.6 Å². The summed E-state index contributed by atoms with van der Waals surface area (Å²) in [5.41, 5.74) is 1.15. The molecule has 0 radical (unpaired) electrons. The number of nitrogens with one attached hydrogen (secondary N) is 1. The van der Waals surface area contributed by atoms with Gasteiger partial charge in [-0.25, -0.2) is 0 Å². The zero-order valence-electron chi connectivity index (χ0n) is 13.0. The van der Waals surface area contributed by atoms with Crippen molar-refractivity contribution in [3.05, 3.63) is 35.9 Å². The molecular formula is C18H26N2O. The van der Waals surface area contributed by atoms with Gasteiger partial charge in [0.1, 0.15) is 0 Å². The molecule has 1 saturated heterocycles. The molecule has 0 aromatic heterocycles. The molecule has 1 aliphatic carbocycles. The van der Waals surface area contributed by atoms with Crippen molar-refractivity contribution in [1.29, 1.82) is 0 Å². The molecule has 1 unspecified atom stereocenters. The third-order valence-electron chi connectivity index (χ3n) is 5.41. The van der Waals surface area contributed by atoms with Crippen LogP contribution in [0.3, 0.4) is 0 Å². The Balaban J connectivity index is 1.99. The summed E-state index contributed by atoms with van der Waals surface area (Å²) >= 11 is 0. The Kier molecular flexibility index (Phi) is 4.29. The minimum absolute atomic E-state index is 0.152. The largest absolute Gasteiger partial charge is 0.331 e. The SMILES string of the molecule is CC(c1ccccc1)(C1CCCCC1)N1CCNCC1=O. The Labute approximate surface area is 127 Å². The van der Waals surface area contributed by atoms with E-state index in [2.05, 4.69) is 47.5 Å². The maximum atomic E-state index is 12.5. The predicted octanol–water partition coefficient (Wildman–Crippen LogP) is 2.91. The standard InChI is InChI=1S/C18H26N2O/c1-18(15-8-4-2-5-9-15,16-10-6-3-7-11-16)20-13-12-19-14-17(20)21/h2,4-5,8-9,16,19H,3,6-7,10-14H2,1H3. The zero-order valence-corrected chi connectivity index (χ0v) is 13.0. The van der Waals surface area contributed by atoms with E-state index in [4.69, 9.17) is 0 Å². The fourth-order valence-electron chi connectivity index (χ4n) is 4.15. The molecule has 1 amide bonds. The molecule has 1 aromatic carbocycles. The van der Waals surface area contributed by atoms with Gasteiger partial charge in [0.15, 0.2) is 0 Å². The van der Waals surface area contributed by atoms with Crippen LogP contribution in [0.25, 0.3) is 0 Å². The Bertz CT molecular complexity index is 481. The summed E-state index contributed by atoms with van der Waals surface area (Å²) in [5, 5.41) is 3.20. The molecule has 1 atom stereocenters. The van der Waals surface area contributed by atoms with Crippen molar-refractivity contribution in [2.24, 2.45) is 5.92 Å². The van der Waals surface area contributed by atoms with Crippen molar-refractivity contribution < 1.29 is 4.79 Å². The van der Waals surface area contributed by atoms with E-state index in [1.165, 1.54) is 37.7 Å². The van der Waals surface area contributed by atoms with Crippen LogP contribution in [-0.4, -0.2) is 30.4 Å². The summed E-state index contributed by atoms with van der Waals surface area (Å²) < 4.78 is 0. The second-order valence-corrected chi connectivity index (χ2v) is 6.57. The second kappa shape index (κ2) is 6.18. The first-order chi connectivity index (χ1) is 10.2. The number of carbonyl (C=O) groups is 1. The Hall–Kier alpha value is -1.35. The van der Waals surface area contributed by atoms with Crippen LogP contribution in [0.1, 0.15) is 44.6 Å². The van der Waals surface area contributed by atoms with Gasteiger partial charge in [-0.3, -0.25) is 4.79 Å². The maximum absolute atomic E-state index is 12.5. The van der Waals surface area contributed by atoms with Gasteiger partial charge in [0.2, 0.25) is 5.91 Å². The highest BCUT2D eigenvalue weighted by Crippen LogP contribution is 2.43. The van der Waals surface area contributed by atoms with Crippen LogP contribution >= 0.6 is 0 Å². The summed E-state index contributed by atoms with van der Waals surface area (Å²) in [6.45, 7) is 4.50. The number of amides is 1. The topological polar surface area (TPSA) is 32.3 Å². The van der Waals surface area contributed by atoms with E-state index in [0.29, 0.717) is 12.5 Å². The lowest BCUT2D eigenvalue weighted by molar-refractivity contribution is -0.142. The molecule has 1 aliphatic heterocycles. The van der Waals surface area contributed by atoms with Gasteiger partial charge in [-0.15, -0.1) is 0 Å². The lowest BCUT2D eigenvalue weighted by Crippen LogP contribution is -2.59. The van der Waals surface area contributed by atoms with Crippen molar-refractivity contribution in [1.82, 2.24) is 10.2 Å². The molecule has 1 saturated carbocycles. The second-order valence-electron chi connectivity index (χ2n) is 6.57. The molecule has 114 valence electrons. The van der Waals surface area contributed by atoms with Gasteiger partial charge in [0.25, 0.3) is 0 Å². The summed E-state index contributed by atoms with van der Waals surface area (Å²) in [5.74, 6) is 0.828. The van der Waals surface area contributed by atoms with Crippen LogP contribution in [0.2, 0.25) is 0 Å². The molecule has 1 heterocycles. The van der Waals surface area contributed by atoms with Gasteiger partial charge in [-0.2, -0.15) is 0 Å². The highest BCUT2D eigenvalue weighted by atomic mass is 16.2. The minimum Gasteiger partial charge on any atom is -0.331 e. The number of carbonyl (C=O) groups excluding carboxylic acids is 1. The average Bonchev–Trinajstić information content (AvgIpc) is 2.56. The van der Waals surface area contributed by atoms with E-state index in [1.807, 2.05) is 0 Å². The van der Waals surface area contributed by atoms with E-state index in [0.717, 1.165) is 13.1 Å². The third-order valence-corrected chi connectivity index (χ3v) is 5.41. The van der Waals surface area contributed by atoms with E-state index < -0.39 is 0 Å². The zero-order chi connectivity index (χ0) is 14.7. The van der Waals surface area contributed by atoms with Crippen molar-refractivity contribution in [2.45, 2.75) is 44.6 Å². The van der Waals surface area contributed by atoms with Gasteiger partial charge in [-0.1, -0.05) is 49.6 Å². The van der Waals surface area contributed by atoms with Crippen molar-refractivity contribution in [3.63, 3.8) is 0 Å². The molecule has 3 heteroatoms. The molecular weight excluding hydrogens is 260 g/mol. The summed E-state index contributed by atoms with van der Waals surface area (Å²) in [6, 6.07) is 10.7. The highest BCUT2D eigenvalue weighted by Gasteiger charge is 2.44. The first-order valence-electron chi connectivity index (χ1n) is 8.29. The first kappa shape index (κ1) is 14.6. The third kappa shape index (κ3) is 2.71. The Morgan fingerprint density at radius 2 is 1.86 bits per heavy atom. The number of hydrogen-bond donors (Lipinski definition) is 1. The summed E-state index contributed by atoms with van der Waals surface area (Å²) in [7, 11) is 0. The number of nitrogens with zero attached hydrogens (tertiary/aromatic N) is 1. The summed E-state index contributed by atoms with van der Waals surface area (Å²) in [4.78, 5) is 14.7. The highest BCUT2D eigenvalue weighted by molar-refractivity contribution is 5.80. The quantitative estimate of drug-likeness (QED) is 0.926. The van der Waals surface area contributed by atoms with Crippen LogP contribution in [0.4, 0.5) is 0 Å². The first-order valence-corrected chi connectivity index (χ1v) is 8.29. The molecule has 21 heavy (non-hydrogen) atoms. The van der Waals surface area contributed by atoms with E-state index in [9.17, 15) is 4.79 Å². The molecule has 2 aliphatic rings. The number of hydrogen-bond acceptors (Lipinski definition) is 2. The number of rotatable bonds is 3. The fraction of sp³-hybridized carbons (Fsp3) is 0.611. The number of benzene rings is 1. The van der Waals surface area contributed by atoms with Crippen LogP contribution < -0.4 is 5.32 Å². The lowest BCUT2D eigenvalue weighted by atomic mass is 9.70. The monoisotopic (exact) mass is 286 g/mol. The fourth-order valence-corrected chi connectivity index (χ4v) is 4.15. The lowest BCUT2D eigenvalue weighted by Gasteiger charge is -2.50. The maximum Gasteiger partial charge on any atom is 0.237 e. The normalized spacial score (nSPS) is 23.9. The smallest absolute Gasteiger partial charge is 0.237 e. The van der Waals surface area contributed by atoms with Crippen molar-refractivity contribution >= 4 is 5.91 Å². The Morgan fingerprint density at radius 3 is 2.52 bits per heavy atom. The number of piperazine rings is 1. The Morgan fingerprint density at radius 1 is 1.14 bits per heavy atom. The van der Waals surface area contributed by atoms with Gasteiger partial charge in [-0.05, 0) is 31.2 Å². The molecule has 3 nitrogen and oxygen atoms in total. The van der Waals surface area contributed by atoms with Gasteiger partial charge in [0.05, 0.1) is 12.1 Å². The predicted molar refractivity (Wildman–Crippen MR) is 85.0 cm³/mol. The molecule has 3 rings (SSSR count). The molecule has 1 N–H and O–H groups in total. The van der Waals surface area contributed by atoms with E-state index in [1.54, 1.807) is 0 Å². The van der Waals surface area contributed by atoms with Crippen LogP contribution in [0.15, 0.2) is 30.3 Å². The van der Waals surface area contributed by atoms with Gasteiger partial charge < -0.3 is 10.2 Å². The van der Waals surface area contributed by atoms with Crippen LogP contribution in [0, 0.1) is 5.92 Å².